The Balaban J connectivity index is 2.83. The summed E-state index contributed by atoms with van der Waals surface area (Å²) in [6.45, 7) is 0.320. The minimum atomic E-state index is -1.78. The van der Waals surface area contributed by atoms with Crippen molar-refractivity contribution < 1.29 is 27.1 Å². The third-order valence-electron chi connectivity index (χ3n) is 3.00. The molecule has 2 rings (SSSR count). The molecule has 0 aliphatic carbocycles. The van der Waals surface area contributed by atoms with Crippen molar-refractivity contribution in [2.45, 2.75) is 6.92 Å². The Morgan fingerprint density at radius 2 is 2.00 bits per heavy atom. The highest BCUT2D eigenvalue weighted by Gasteiger charge is 2.22. The van der Waals surface area contributed by atoms with Crippen LogP contribution >= 0.6 is 0 Å². The average Bonchev–Trinajstić information content (AvgIpc) is 2.52. The molecule has 0 radical (unpaired) electrons. The predicted octanol–water partition coefficient (Wildman–Crippen LogP) is 2.11. The highest BCUT2D eigenvalue weighted by molar-refractivity contribution is 5.94. The van der Waals surface area contributed by atoms with Gasteiger partial charge >= 0.3 is 5.97 Å². The lowest BCUT2D eigenvalue weighted by atomic mass is 10.1. The van der Waals surface area contributed by atoms with Crippen LogP contribution in [-0.4, -0.2) is 30.5 Å². The summed E-state index contributed by atoms with van der Waals surface area (Å²) in [7, 11) is 0. The second kappa shape index (κ2) is 6.67. The first-order valence-electron chi connectivity index (χ1n) is 6.62. The topological polar surface area (TPSA) is 60.3 Å². The van der Waals surface area contributed by atoms with Gasteiger partial charge in [0.05, 0.1) is 18.5 Å². The van der Waals surface area contributed by atoms with Gasteiger partial charge in [-0.15, -0.1) is 0 Å². The van der Waals surface area contributed by atoms with Gasteiger partial charge in [0.2, 0.25) is 5.43 Å². The molecule has 0 saturated carbocycles. The molecule has 1 aromatic heterocycles. The number of pyridine rings is 1. The number of hydrogen-bond donors (Lipinski definition) is 1. The SMILES string of the molecule is CCOC(=O)c1cn(NCCF)c2c(F)c(F)c(F)cc2c1=O. The quantitative estimate of drug-likeness (QED) is 0.518. The van der Waals surface area contributed by atoms with Crippen LogP contribution in [0.3, 0.4) is 0 Å². The van der Waals surface area contributed by atoms with Gasteiger partial charge in [0.1, 0.15) is 17.8 Å². The Morgan fingerprint density at radius 3 is 2.61 bits per heavy atom. The fourth-order valence-corrected chi connectivity index (χ4v) is 2.03. The lowest BCUT2D eigenvalue weighted by Crippen LogP contribution is -2.27. The molecule has 2 aromatic rings. The van der Waals surface area contributed by atoms with E-state index in [4.69, 9.17) is 0 Å². The zero-order valence-electron chi connectivity index (χ0n) is 12.0. The van der Waals surface area contributed by atoms with E-state index in [2.05, 4.69) is 10.2 Å². The average molecular weight is 332 g/mol. The normalized spacial score (nSPS) is 10.8. The van der Waals surface area contributed by atoms with Gasteiger partial charge in [-0.05, 0) is 13.0 Å². The van der Waals surface area contributed by atoms with Gasteiger partial charge in [0.15, 0.2) is 17.5 Å². The number of carbonyl (C=O) groups is 1. The Bertz CT molecular complexity index is 820. The second-order valence-electron chi connectivity index (χ2n) is 4.44. The highest BCUT2D eigenvalue weighted by atomic mass is 19.2. The van der Waals surface area contributed by atoms with Crippen LogP contribution in [0.2, 0.25) is 0 Å². The van der Waals surface area contributed by atoms with Gasteiger partial charge in [-0.3, -0.25) is 9.47 Å². The molecule has 0 amide bonds. The van der Waals surface area contributed by atoms with Crippen LogP contribution in [0.1, 0.15) is 17.3 Å². The van der Waals surface area contributed by atoms with Crippen molar-refractivity contribution in [1.29, 1.82) is 0 Å². The maximum atomic E-state index is 14.0. The molecule has 9 heteroatoms. The first kappa shape index (κ1) is 16.8. The van der Waals surface area contributed by atoms with E-state index >= 15 is 0 Å². The number of rotatable bonds is 5. The number of ether oxygens (including phenoxy) is 1. The van der Waals surface area contributed by atoms with Crippen LogP contribution in [0.15, 0.2) is 17.1 Å². The van der Waals surface area contributed by atoms with Crippen molar-refractivity contribution in [2.75, 3.05) is 25.3 Å². The number of hydrogen-bond acceptors (Lipinski definition) is 4. The molecule has 0 aliphatic rings. The van der Waals surface area contributed by atoms with E-state index in [1.807, 2.05) is 0 Å². The number of benzene rings is 1. The third kappa shape index (κ3) is 2.99. The molecule has 124 valence electrons. The van der Waals surface area contributed by atoms with Gasteiger partial charge in [0, 0.05) is 6.20 Å². The molecule has 5 nitrogen and oxygen atoms in total. The molecule has 0 atom stereocenters. The minimum absolute atomic E-state index is 0.0274. The van der Waals surface area contributed by atoms with E-state index in [1.165, 1.54) is 6.92 Å². The number of carbonyl (C=O) groups excluding carboxylic acids is 1. The number of aromatic nitrogens is 1. The van der Waals surface area contributed by atoms with Crippen molar-refractivity contribution in [2.24, 2.45) is 0 Å². The standard InChI is InChI=1S/C14H12F4N2O3/c1-2-23-14(22)8-6-20(19-4-3-15)12-7(13(8)21)5-9(16)10(17)11(12)18/h5-6,19H,2-4H2,1H3. The van der Waals surface area contributed by atoms with Crippen molar-refractivity contribution >= 4 is 16.9 Å². The van der Waals surface area contributed by atoms with Crippen molar-refractivity contribution in [1.82, 2.24) is 4.68 Å². The number of fused-ring (bicyclic) bond motifs is 1. The van der Waals surface area contributed by atoms with Crippen LogP contribution in [0.25, 0.3) is 10.9 Å². The molecule has 1 heterocycles. The molecule has 0 aliphatic heterocycles. The van der Waals surface area contributed by atoms with E-state index < -0.39 is 52.0 Å². The van der Waals surface area contributed by atoms with Gasteiger partial charge in [-0.2, -0.15) is 0 Å². The van der Waals surface area contributed by atoms with Crippen molar-refractivity contribution in [3.8, 4) is 0 Å². The molecular weight excluding hydrogens is 320 g/mol. The van der Waals surface area contributed by atoms with E-state index in [9.17, 15) is 27.2 Å². The maximum Gasteiger partial charge on any atom is 0.343 e. The second-order valence-corrected chi connectivity index (χ2v) is 4.44. The summed E-state index contributed by atoms with van der Waals surface area (Å²) in [5, 5.41) is -0.571. The van der Waals surface area contributed by atoms with Crippen LogP contribution in [0.4, 0.5) is 17.6 Å². The van der Waals surface area contributed by atoms with Crippen molar-refractivity contribution in [3.63, 3.8) is 0 Å². The predicted molar refractivity (Wildman–Crippen MR) is 74.2 cm³/mol. The highest BCUT2D eigenvalue weighted by Crippen LogP contribution is 2.21. The van der Waals surface area contributed by atoms with Crippen LogP contribution in [0, 0.1) is 17.5 Å². The summed E-state index contributed by atoms with van der Waals surface area (Å²) in [6.07, 6.45) is 0.860. The first-order valence-corrected chi connectivity index (χ1v) is 6.62. The monoisotopic (exact) mass is 332 g/mol. The molecular formula is C14H12F4N2O3. The largest absolute Gasteiger partial charge is 0.462 e. The summed E-state index contributed by atoms with van der Waals surface area (Å²) in [5.41, 5.74) is 0.190. The van der Waals surface area contributed by atoms with E-state index in [-0.39, 0.29) is 13.2 Å². The summed E-state index contributed by atoms with van der Waals surface area (Å²) < 4.78 is 58.6. The molecule has 23 heavy (non-hydrogen) atoms. The lowest BCUT2D eigenvalue weighted by molar-refractivity contribution is 0.0524. The Kier molecular flexibility index (Phi) is 4.87. The summed E-state index contributed by atoms with van der Waals surface area (Å²) in [4.78, 5) is 24.0. The van der Waals surface area contributed by atoms with Crippen molar-refractivity contribution in [3.05, 3.63) is 45.5 Å². The van der Waals surface area contributed by atoms with E-state index in [0.29, 0.717) is 6.07 Å². The Labute approximate surface area is 127 Å². The molecule has 0 bridgehead atoms. The number of halogens is 4. The third-order valence-corrected chi connectivity index (χ3v) is 3.00. The zero-order chi connectivity index (χ0) is 17.1. The van der Waals surface area contributed by atoms with Gasteiger partial charge < -0.3 is 10.2 Å². The molecule has 1 aromatic carbocycles. The Morgan fingerprint density at radius 1 is 1.30 bits per heavy atom. The smallest absolute Gasteiger partial charge is 0.343 e. The van der Waals surface area contributed by atoms with Gasteiger partial charge in [-0.25, -0.2) is 22.4 Å². The number of esters is 1. The molecule has 0 unspecified atom stereocenters. The molecule has 0 spiro atoms. The summed E-state index contributed by atoms with van der Waals surface area (Å²) in [5.74, 6) is -6.00. The van der Waals surface area contributed by atoms with Crippen LogP contribution in [0.5, 0.6) is 0 Å². The molecule has 0 fully saturated rings. The summed E-state index contributed by atoms with van der Waals surface area (Å²) in [6, 6.07) is 0.479. The minimum Gasteiger partial charge on any atom is -0.462 e. The summed E-state index contributed by atoms with van der Waals surface area (Å²) >= 11 is 0. The molecule has 0 saturated heterocycles. The Hall–Kier alpha value is -2.58. The van der Waals surface area contributed by atoms with Crippen LogP contribution in [-0.2, 0) is 4.74 Å². The van der Waals surface area contributed by atoms with Gasteiger partial charge in [-0.1, -0.05) is 0 Å². The molecule has 1 N–H and O–H groups in total. The van der Waals surface area contributed by atoms with E-state index in [1.54, 1.807) is 0 Å². The number of alkyl halides is 1. The van der Waals surface area contributed by atoms with Gasteiger partial charge in [0.25, 0.3) is 0 Å². The lowest BCUT2D eigenvalue weighted by Gasteiger charge is -2.15. The van der Waals surface area contributed by atoms with Crippen LogP contribution < -0.4 is 10.9 Å². The fraction of sp³-hybridized carbons (Fsp3) is 0.286. The van der Waals surface area contributed by atoms with E-state index in [0.717, 1.165) is 10.9 Å². The maximum absolute atomic E-state index is 14.0. The zero-order valence-corrected chi connectivity index (χ0v) is 12.0. The number of nitrogens with zero attached hydrogens (tertiary/aromatic N) is 1. The fourth-order valence-electron chi connectivity index (χ4n) is 2.03. The first-order chi connectivity index (χ1) is 10.9. The number of nitrogens with one attached hydrogen (secondary N) is 1.